The van der Waals surface area contributed by atoms with E-state index in [-0.39, 0.29) is 6.10 Å². The van der Waals surface area contributed by atoms with E-state index in [0.29, 0.717) is 19.0 Å². The summed E-state index contributed by atoms with van der Waals surface area (Å²) in [5.41, 5.74) is 1.05. The second-order valence-electron chi connectivity index (χ2n) is 5.87. The lowest BCUT2D eigenvalue weighted by Gasteiger charge is -2.36. The Bertz CT molecular complexity index is 490. The number of rotatable bonds is 7. The van der Waals surface area contributed by atoms with E-state index in [0.717, 1.165) is 55.8 Å². The van der Waals surface area contributed by atoms with Crippen molar-refractivity contribution in [2.45, 2.75) is 24.9 Å². The molecule has 0 spiro atoms. The van der Waals surface area contributed by atoms with Crippen LogP contribution >= 0.6 is 11.8 Å². The van der Waals surface area contributed by atoms with E-state index in [1.54, 1.807) is 0 Å². The minimum atomic E-state index is -0.250. The molecule has 22 heavy (non-hydrogen) atoms. The van der Waals surface area contributed by atoms with E-state index < -0.39 is 0 Å². The van der Waals surface area contributed by atoms with Gasteiger partial charge in [0.1, 0.15) is 5.82 Å². The summed E-state index contributed by atoms with van der Waals surface area (Å²) in [5, 5.41) is 12.9. The first-order chi connectivity index (χ1) is 10.8. The molecule has 2 saturated heterocycles. The zero-order valence-electron chi connectivity index (χ0n) is 13.0. The highest BCUT2D eigenvalue weighted by atomic mass is 32.2. The van der Waals surface area contributed by atoms with Gasteiger partial charge in [-0.2, -0.15) is 16.7 Å². The molecule has 0 bridgehead atoms. The first kappa shape index (κ1) is 15.8. The number of aromatic nitrogens is 2. The van der Waals surface area contributed by atoms with Gasteiger partial charge in [0.25, 0.3) is 0 Å². The molecule has 3 heterocycles. The van der Waals surface area contributed by atoms with Crippen LogP contribution in [0.3, 0.4) is 0 Å². The highest BCUT2D eigenvalue weighted by Gasteiger charge is 2.28. The highest BCUT2D eigenvalue weighted by Crippen LogP contribution is 2.28. The van der Waals surface area contributed by atoms with E-state index in [4.69, 9.17) is 9.72 Å². The Hall–Kier alpha value is -1.05. The van der Waals surface area contributed by atoms with Crippen molar-refractivity contribution in [2.24, 2.45) is 0 Å². The van der Waals surface area contributed by atoms with Crippen LogP contribution in [0, 0.1) is 0 Å². The number of ether oxygens (including phenoxy) is 1. The molecule has 0 saturated carbocycles. The molecule has 1 unspecified atom stereocenters. The van der Waals surface area contributed by atoms with Crippen molar-refractivity contribution in [3.05, 3.63) is 11.8 Å². The number of hydrogen-bond donors (Lipinski definition) is 2. The zero-order chi connectivity index (χ0) is 15.4. The number of nitrogens with zero attached hydrogens (tertiary/aromatic N) is 3. The van der Waals surface area contributed by atoms with Crippen molar-refractivity contribution in [1.82, 2.24) is 9.97 Å². The summed E-state index contributed by atoms with van der Waals surface area (Å²) in [5.74, 6) is 3.11. The zero-order valence-corrected chi connectivity index (χ0v) is 13.8. The lowest BCUT2D eigenvalue weighted by Crippen LogP contribution is -2.51. The second-order valence-corrected chi connectivity index (χ2v) is 6.86. The van der Waals surface area contributed by atoms with Crippen molar-refractivity contribution in [1.29, 1.82) is 0 Å². The maximum absolute atomic E-state index is 9.50. The van der Waals surface area contributed by atoms with Gasteiger partial charge in [-0.3, -0.25) is 0 Å². The Morgan fingerprint density at radius 1 is 1.45 bits per heavy atom. The number of aliphatic hydroxyl groups excluding tert-OH is 1. The quantitative estimate of drug-likeness (QED) is 0.733. The minimum Gasteiger partial charge on any atom is -0.389 e. The smallest absolute Gasteiger partial charge is 0.227 e. The van der Waals surface area contributed by atoms with Crippen LogP contribution in [0.25, 0.3) is 0 Å². The van der Waals surface area contributed by atoms with Crippen molar-refractivity contribution < 1.29 is 9.84 Å². The molecule has 0 amide bonds. The summed E-state index contributed by atoms with van der Waals surface area (Å²) in [7, 11) is 0. The number of nitrogens with one attached hydrogen (secondary N) is 1. The van der Waals surface area contributed by atoms with Gasteiger partial charge in [-0.05, 0) is 24.9 Å². The molecule has 2 N–H and O–H groups in total. The normalized spacial score (nSPS) is 21.9. The predicted molar refractivity (Wildman–Crippen MR) is 89.9 cm³/mol. The third-order valence-electron chi connectivity index (χ3n) is 4.06. The lowest BCUT2D eigenvalue weighted by atomic mass is 10.0. The van der Waals surface area contributed by atoms with Gasteiger partial charge in [-0.15, -0.1) is 0 Å². The van der Waals surface area contributed by atoms with Crippen LogP contribution in [0.2, 0.25) is 0 Å². The largest absolute Gasteiger partial charge is 0.389 e. The highest BCUT2D eigenvalue weighted by molar-refractivity contribution is 7.98. The van der Waals surface area contributed by atoms with E-state index >= 15 is 0 Å². The molecular weight excluding hydrogens is 300 g/mol. The fourth-order valence-electron chi connectivity index (χ4n) is 2.71. The summed E-state index contributed by atoms with van der Waals surface area (Å²) < 4.78 is 5.49. The molecule has 0 aliphatic carbocycles. The van der Waals surface area contributed by atoms with Crippen LogP contribution in [0.15, 0.2) is 6.07 Å². The second kappa shape index (κ2) is 7.48. The summed E-state index contributed by atoms with van der Waals surface area (Å²) >= 11 is 1.86. The van der Waals surface area contributed by atoms with Crippen molar-refractivity contribution in [3.8, 4) is 0 Å². The fraction of sp³-hybridized carbons (Fsp3) is 0.733. The molecule has 6 nitrogen and oxygen atoms in total. The van der Waals surface area contributed by atoms with E-state index in [9.17, 15) is 5.11 Å². The van der Waals surface area contributed by atoms with Crippen LogP contribution in [-0.2, 0) is 4.74 Å². The Morgan fingerprint density at radius 2 is 2.32 bits per heavy atom. The standard InChI is InChI=1S/C15H24N4O2S/c1-22-6-2-4-16-14-7-13(11-3-5-21-10-11)17-15(18-14)19-8-12(20)9-19/h7,11-12,20H,2-6,8-10H2,1H3,(H,16,17,18). The van der Waals surface area contributed by atoms with Gasteiger partial charge in [-0.1, -0.05) is 0 Å². The maximum Gasteiger partial charge on any atom is 0.227 e. The molecule has 1 aromatic rings. The van der Waals surface area contributed by atoms with Crippen molar-refractivity contribution in [2.75, 3.05) is 55.1 Å². The van der Waals surface area contributed by atoms with Crippen LogP contribution in [0.4, 0.5) is 11.8 Å². The number of hydrogen-bond acceptors (Lipinski definition) is 7. The average molecular weight is 324 g/mol. The van der Waals surface area contributed by atoms with E-state index in [2.05, 4.69) is 22.6 Å². The van der Waals surface area contributed by atoms with Gasteiger partial charge in [0.2, 0.25) is 5.95 Å². The van der Waals surface area contributed by atoms with Crippen molar-refractivity contribution >= 4 is 23.5 Å². The number of β-amino-alcohol motifs (C(OH)–C–C–N with tert-alkyl or cyclic N) is 1. The summed E-state index contributed by atoms with van der Waals surface area (Å²) in [4.78, 5) is 11.3. The molecule has 122 valence electrons. The molecule has 1 atom stereocenters. The van der Waals surface area contributed by atoms with Gasteiger partial charge in [0, 0.05) is 38.2 Å². The Balaban J connectivity index is 1.72. The Labute approximate surface area is 135 Å². The Morgan fingerprint density at radius 3 is 3.00 bits per heavy atom. The number of aliphatic hydroxyl groups is 1. The monoisotopic (exact) mass is 324 g/mol. The molecule has 3 rings (SSSR count). The number of thioether (sulfide) groups is 1. The Kier molecular flexibility index (Phi) is 5.38. The first-order valence-corrected chi connectivity index (χ1v) is 9.28. The molecule has 7 heteroatoms. The lowest BCUT2D eigenvalue weighted by molar-refractivity contribution is 0.140. The van der Waals surface area contributed by atoms with Gasteiger partial charge >= 0.3 is 0 Å². The van der Waals surface area contributed by atoms with Gasteiger partial charge < -0.3 is 20.1 Å². The van der Waals surface area contributed by atoms with Gasteiger partial charge in [0.15, 0.2) is 0 Å². The summed E-state index contributed by atoms with van der Waals surface area (Å²) in [6.45, 7) is 3.71. The molecule has 0 radical (unpaired) electrons. The van der Waals surface area contributed by atoms with Crippen LogP contribution in [0.1, 0.15) is 24.5 Å². The minimum absolute atomic E-state index is 0.250. The topological polar surface area (TPSA) is 70.5 Å². The third-order valence-corrected chi connectivity index (χ3v) is 4.76. The molecule has 0 aromatic carbocycles. The first-order valence-electron chi connectivity index (χ1n) is 7.89. The molecule has 2 aliphatic rings. The SMILES string of the molecule is CSCCCNc1cc(C2CCOC2)nc(N2CC(O)C2)n1. The van der Waals surface area contributed by atoms with Crippen LogP contribution in [0.5, 0.6) is 0 Å². The summed E-state index contributed by atoms with van der Waals surface area (Å²) in [6.07, 6.45) is 4.01. The molecule has 2 aliphatic heterocycles. The summed E-state index contributed by atoms with van der Waals surface area (Å²) in [6, 6.07) is 2.05. The maximum atomic E-state index is 9.50. The molecule has 2 fully saturated rings. The predicted octanol–water partition coefficient (Wildman–Crippen LogP) is 1.33. The molecule has 1 aromatic heterocycles. The van der Waals surface area contributed by atoms with Gasteiger partial charge in [0.05, 0.1) is 18.4 Å². The fourth-order valence-corrected chi connectivity index (χ4v) is 3.15. The van der Waals surface area contributed by atoms with Crippen LogP contribution < -0.4 is 10.2 Å². The molecular formula is C15H24N4O2S. The number of anilines is 2. The third kappa shape index (κ3) is 3.83. The van der Waals surface area contributed by atoms with Crippen LogP contribution in [-0.4, -0.2) is 66.0 Å². The average Bonchev–Trinajstić information content (AvgIpc) is 3.02. The van der Waals surface area contributed by atoms with Gasteiger partial charge in [-0.25, -0.2) is 4.98 Å². The van der Waals surface area contributed by atoms with Crippen molar-refractivity contribution in [3.63, 3.8) is 0 Å². The van der Waals surface area contributed by atoms with E-state index in [1.807, 2.05) is 16.7 Å². The van der Waals surface area contributed by atoms with E-state index in [1.165, 1.54) is 0 Å².